The maximum Gasteiger partial charge on any atom is 0.192 e. The highest BCUT2D eigenvalue weighted by Gasteiger charge is 2.52. The fourth-order valence-corrected chi connectivity index (χ4v) is 7.00. The summed E-state index contributed by atoms with van der Waals surface area (Å²) in [6, 6.07) is 0. The molecule has 6 heteroatoms. The Balaban J connectivity index is 2.04. The van der Waals surface area contributed by atoms with Gasteiger partial charge in [-0.2, -0.15) is 0 Å². The highest BCUT2D eigenvalue weighted by atomic mass is 32.2. The zero-order valence-corrected chi connectivity index (χ0v) is 18.5. The van der Waals surface area contributed by atoms with Gasteiger partial charge < -0.3 is 4.43 Å². The number of carbonyl (C=O) groups is 1. The van der Waals surface area contributed by atoms with E-state index in [1.54, 1.807) is 13.0 Å². The van der Waals surface area contributed by atoms with Crippen molar-refractivity contribution in [2.45, 2.75) is 64.8 Å². The third kappa shape index (κ3) is 3.31. The van der Waals surface area contributed by atoms with Crippen molar-refractivity contribution in [3.63, 3.8) is 0 Å². The van der Waals surface area contributed by atoms with Crippen molar-refractivity contribution in [1.29, 1.82) is 0 Å². The molecular weight excluding hydrogens is 364 g/mol. The van der Waals surface area contributed by atoms with Crippen molar-refractivity contribution in [3.8, 4) is 0 Å². The van der Waals surface area contributed by atoms with Crippen LogP contribution in [0.1, 0.15) is 40.5 Å². The summed E-state index contributed by atoms with van der Waals surface area (Å²) in [4.78, 5) is 11.5. The zero-order chi connectivity index (χ0) is 19.5. The minimum absolute atomic E-state index is 0.0144. The molecule has 1 saturated carbocycles. The molecule has 1 heterocycles. The standard InChI is InChI=1S/C20H30O4SSi/c1-14(21)7-9-20-10-8-17(24-26(5,6)19(2,3)4)18(20)16-13-25(22,23)12-15(16)11-20/h7,9,11,17H,8,10,12-13H2,1-6H3/b9-7+. The molecule has 0 aromatic heterocycles. The van der Waals surface area contributed by atoms with Crippen LogP contribution in [0.3, 0.4) is 0 Å². The van der Waals surface area contributed by atoms with Gasteiger partial charge in [0.25, 0.3) is 0 Å². The largest absolute Gasteiger partial charge is 0.410 e. The second-order valence-corrected chi connectivity index (χ2v) is 16.3. The maximum absolute atomic E-state index is 12.2. The van der Waals surface area contributed by atoms with Crippen LogP contribution in [-0.2, 0) is 19.1 Å². The number of hydrogen-bond acceptors (Lipinski definition) is 4. The molecule has 1 aliphatic heterocycles. The Morgan fingerprint density at radius 2 is 1.96 bits per heavy atom. The van der Waals surface area contributed by atoms with Crippen LogP contribution in [0.2, 0.25) is 18.1 Å². The summed E-state index contributed by atoms with van der Waals surface area (Å²) in [5, 5.41) is 0.0926. The van der Waals surface area contributed by atoms with Gasteiger partial charge in [-0.3, -0.25) is 4.79 Å². The van der Waals surface area contributed by atoms with Crippen molar-refractivity contribution < 1.29 is 17.6 Å². The molecule has 0 aromatic carbocycles. The fraction of sp³-hybridized carbons (Fsp3) is 0.650. The molecule has 2 aliphatic carbocycles. The Morgan fingerprint density at radius 3 is 2.54 bits per heavy atom. The molecule has 3 rings (SSSR count). The minimum atomic E-state index is -3.06. The van der Waals surface area contributed by atoms with Gasteiger partial charge in [-0.25, -0.2) is 8.42 Å². The highest BCUT2D eigenvalue weighted by Crippen LogP contribution is 2.57. The van der Waals surface area contributed by atoms with Crippen molar-refractivity contribution in [2.75, 3.05) is 11.5 Å². The maximum atomic E-state index is 12.2. The van der Waals surface area contributed by atoms with E-state index in [4.69, 9.17) is 4.43 Å². The van der Waals surface area contributed by atoms with Crippen molar-refractivity contribution in [1.82, 2.24) is 0 Å². The molecule has 0 radical (unpaired) electrons. The average molecular weight is 395 g/mol. The van der Waals surface area contributed by atoms with Crippen LogP contribution in [0.15, 0.2) is 34.9 Å². The van der Waals surface area contributed by atoms with E-state index < -0.39 is 18.2 Å². The lowest BCUT2D eigenvalue weighted by molar-refractivity contribution is -0.112. The topological polar surface area (TPSA) is 60.4 Å². The van der Waals surface area contributed by atoms with E-state index in [2.05, 4.69) is 39.9 Å². The van der Waals surface area contributed by atoms with Crippen LogP contribution in [0, 0.1) is 5.41 Å². The van der Waals surface area contributed by atoms with Gasteiger partial charge in [-0.1, -0.05) is 32.9 Å². The van der Waals surface area contributed by atoms with E-state index in [9.17, 15) is 13.2 Å². The molecule has 3 aliphatic rings. The van der Waals surface area contributed by atoms with Gasteiger partial charge in [-0.05, 0) is 60.7 Å². The van der Waals surface area contributed by atoms with Crippen LogP contribution in [0.4, 0.5) is 0 Å². The number of allylic oxidation sites excluding steroid dienone is 3. The van der Waals surface area contributed by atoms with Crippen molar-refractivity contribution in [2.24, 2.45) is 5.41 Å². The number of hydrogen-bond donors (Lipinski definition) is 0. The monoisotopic (exact) mass is 394 g/mol. The summed E-state index contributed by atoms with van der Waals surface area (Å²) >= 11 is 0. The van der Waals surface area contributed by atoms with E-state index in [0.717, 1.165) is 29.6 Å². The van der Waals surface area contributed by atoms with E-state index >= 15 is 0 Å². The highest BCUT2D eigenvalue weighted by molar-refractivity contribution is 7.92. The van der Waals surface area contributed by atoms with Gasteiger partial charge >= 0.3 is 0 Å². The first-order valence-electron chi connectivity index (χ1n) is 9.30. The number of carbonyl (C=O) groups excluding carboxylic acids is 1. The summed E-state index contributed by atoms with van der Waals surface area (Å²) in [6.45, 7) is 12.7. The van der Waals surface area contributed by atoms with E-state index in [-0.39, 0.29) is 33.8 Å². The van der Waals surface area contributed by atoms with Crippen LogP contribution < -0.4 is 0 Å². The van der Waals surface area contributed by atoms with Crippen molar-refractivity contribution in [3.05, 3.63) is 34.9 Å². The number of ketones is 1. The first-order valence-corrected chi connectivity index (χ1v) is 14.0. The van der Waals surface area contributed by atoms with Crippen LogP contribution in [0.5, 0.6) is 0 Å². The quantitative estimate of drug-likeness (QED) is 0.535. The molecule has 0 amide bonds. The summed E-state index contributed by atoms with van der Waals surface area (Å²) < 4.78 is 31.1. The third-order valence-corrected chi connectivity index (χ3v) is 12.4. The Labute approximate surface area is 158 Å². The van der Waals surface area contributed by atoms with Gasteiger partial charge in [0.15, 0.2) is 23.9 Å². The van der Waals surface area contributed by atoms with Crippen LogP contribution >= 0.6 is 0 Å². The number of fused-ring (bicyclic) bond motifs is 2. The first kappa shape index (κ1) is 19.8. The Morgan fingerprint density at radius 1 is 1.31 bits per heavy atom. The summed E-state index contributed by atoms with van der Waals surface area (Å²) in [7, 11) is -5.04. The average Bonchev–Trinajstić information content (AvgIpc) is 3.01. The number of sulfone groups is 1. The Bertz CT molecular complexity index is 840. The summed E-state index contributed by atoms with van der Waals surface area (Å²) in [5.74, 6) is 0.246. The first-order chi connectivity index (χ1) is 11.8. The SMILES string of the molecule is CC(=O)/C=C/C12C=C3CS(=O)(=O)CC3=C1C(O[Si](C)(C)C(C)(C)C)CC2. The van der Waals surface area contributed by atoms with Crippen molar-refractivity contribution >= 4 is 23.9 Å². The lowest BCUT2D eigenvalue weighted by atomic mass is 9.83. The molecule has 1 saturated heterocycles. The molecule has 0 spiro atoms. The lowest BCUT2D eigenvalue weighted by Crippen LogP contribution is -2.44. The Kier molecular flexibility index (Phi) is 4.57. The molecule has 0 N–H and O–H groups in total. The second kappa shape index (κ2) is 6.01. The summed E-state index contributed by atoms with van der Waals surface area (Å²) in [5.41, 5.74) is 2.66. The molecule has 0 bridgehead atoms. The fourth-order valence-electron chi connectivity index (χ4n) is 4.09. The van der Waals surface area contributed by atoms with Gasteiger partial charge in [0.2, 0.25) is 0 Å². The van der Waals surface area contributed by atoms with Gasteiger partial charge in [-0.15, -0.1) is 0 Å². The normalized spacial score (nSPS) is 30.7. The molecule has 144 valence electrons. The van der Waals surface area contributed by atoms with Crippen LogP contribution in [-0.4, -0.2) is 40.1 Å². The zero-order valence-electron chi connectivity index (χ0n) is 16.7. The molecule has 0 aromatic rings. The molecule has 2 fully saturated rings. The van der Waals surface area contributed by atoms with Gasteiger partial charge in [0.05, 0.1) is 17.6 Å². The minimum Gasteiger partial charge on any atom is -0.410 e. The number of rotatable bonds is 4. The molecule has 2 unspecified atom stereocenters. The predicted molar refractivity (Wildman–Crippen MR) is 107 cm³/mol. The second-order valence-electron chi connectivity index (χ2n) is 9.48. The van der Waals surface area contributed by atoms with Gasteiger partial charge in [0, 0.05) is 5.41 Å². The summed E-state index contributed by atoms with van der Waals surface area (Å²) in [6.07, 6.45) is 7.39. The van der Waals surface area contributed by atoms with E-state index in [0.29, 0.717) is 0 Å². The van der Waals surface area contributed by atoms with Crippen LogP contribution in [0.25, 0.3) is 0 Å². The molecule has 26 heavy (non-hydrogen) atoms. The smallest absolute Gasteiger partial charge is 0.192 e. The van der Waals surface area contributed by atoms with E-state index in [1.807, 2.05) is 6.08 Å². The third-order valence-electron chi connectivity index (χ3n) is 6.39. The lowest BCUT2D eigenvalue weighted by Gasteiger charge is -2.39. The molecule has 4 nitrogen and oxygen atoms in total. The van der Waals surface area contributed by atoms with E-state index in [1.165, 1.54) is 0 Å². The molecule has 2 atom stereocenters. The predicted octanol–water partition coefficient (Wildman–Crippen LogP) is 3.97. The molecular formula is C20H30O4SSi. The van der Waals surface area contributed by atoms with Gasteiger partial charge in [0.1, 0.15) is 0 Å². The Hall–Kier alpha value is -0.983.